The third kappa shape index (κ3) is 9.92. The number of nitrogens with one attached hydrogen (secondary N) is 2. The second kappa shape index (κ2) is 17.6. The van der Waals surface area contributed by atoms with E-state index in [0.717, 1.165) is 58.0 Å². The number of carbonyl (C=O) groups excluding carboxylic acids is 2. The van der Waals surface area contributed by atoms with Gasteiger partial charge in [0.2, 0.25) is 11.8 Å². The van der Waals surface area contributed by atoms with Crippen molar-refractivity contribution in [1.82, 2.24) is 4.98 Å². The molecule has 0 spiro atoms. The number of fused-ring (bicyclic) bond motifs is 1. The lowest BCUT2D eigenvalue weighted by Crippen LogP contribution is -2.31. The number of aliphatic hydroxyl groups excluding tert-OH is 1. The normalized spacial score (nSPS) is 17.4. The van der Waals surface area contributed by atoms with Crippen LogP contribution in [0.5, 0.6) is 0 Å². The highest BCUT2D eigenvalue weighted by atomic mass is 32.2. The predicted octanol–water partition coefficient (Wildman–Crippen LogP) is 8.63. The van der Waals surface area contributed by atoms with E-state index in [-0.39, 0.29) is 30.6 Å². The fourth-order valence-electron chi connectivity index (χ4n) is 5.80. The molecular weight excluding hydrogens is 669 g/mol. The number of para-hydroxylation sites is 3. The standard InChI is InChI=1S/C39H42N4O5S2/c40-31-9-5-6-10-32(31)42-37(46)14-4-2-1-3-13-36(45)41-29-21-19-28(20-22-29)38-47-30(23-34(48-38)27-17-15-26(24-44)16-18-27)25-49-39-43-33-11-7-8-12-35(33)50-39/h5-12,15-22,30,34,38,44H,1-4,13-14,23-25,40H2,(H,41,45)(H,42,46)/t30-,34+,38+/m1/s1. The van der Waals surface area contributed by atoms with Gasteiger partial charge in [-0.25, -0.2) is 4.98 Å². The fourth-order valence-corrected chi connectivity index (χ4v) is 7.91. The summed E-state index contributed by atoms with van der Waals surface area (Å²) in [6.07, 6.45) is 3.92. The quantitative estimate of drug-likeness (QED) is 0.0482. The molecule has 11 heteroatoms. The van der Waals surface area contributed by atoms with Gasteiger partial charge in [-0.05, 0) is 60.4 Å². The Morgan fingerprint density at radius 3 is 2.22 bits per heavy atom. The highest BCUT2D eigenvalue weighted by molar-refractivity contribution is 8.01. The van der Waals surface area contributed by atoms with Gasteiger partial charge in [-0.3, -0.25) is 9.59 Å². The fraction of sp³-hybridized carbons (Fsp3) is 0.308. The van der Waals surface area contributed by atoms with Crippen LogP contribution < -0.4 is 16.4 Å². The molecule has 2 amide bonds. The zero-order chi connectivity index (χ0) is 34.7. The molecule has 0 aliphatic carbocycles. The number of amides is 2. The number of nitrogen functional groups attached to an aromatic ring is 1. The Morgan fingerprint density at radius 1 is 0.820 bits per heavy atom. The van der Waals surface area contributed by atoms with Crippen LogP contribution in [-0.2, 0) is 25.7 Å². The predicted molar refractivity (Wildman–Crippen MR) is 201 cm³/mol. The maximum absolute atomic E-state index is 12.7. The number of rotatable bonds is 15. The van der Waals surface area contributed by atoms with Gasteiger partial charge in [0.25, 0.3) is 0 Å². The highest BCUT2D eigenvalue weighted by Crippen LogP contribution is 2.40. The summed E-state index contributed by atoms with van der Waals surface area (Å²) in [7, 11) is 0. The van der Waals surface area contributed by atoms with Crippen LogP contribution in [0.4, 0.5) is 17.1 Å². The first-order valence-electron chi connectivity index (χ1n) is 17.0. The summed E-state index contributed by atoms with van der Waals surface area (Å²) in [5.41, 5.74) is 11.6. The minimum atomic E-state index is -0.580. The van der Waals surface area contributed by atoms with Crippen LogP contribution in [0.2, 0.25) is 0 Å². The van der Waals surface area contributed by atoms with Crippen molar-refractivity contribution < 1.29 is 24.2 Å². The van der Waals surface area contributed by atoms with Crippen molar-refractivity contribution in [1.29, 1.82) is 0 Å². The summed E-state index contributed by atoms with van der Waals surface area (Å²) in [4.78, 5) is 29.6. The van der Waals surface area contributed by atoms with E-state index in [0.29, 0.717) is 36.3 Å². The maximum atomic E-state index is 12.7. The second-order valence-electron chi connectivity index (χ2n) is 12.3. The molecule has 6 rings (SSSR count). The van der Waals surface area contributed by atoms with Gasteiger partial charge >= 0.3 is 0 Å². The molecule has 50 heavy (non-hydrogen) atoms. The van der Waals surface area contributed by atoms with E-state index in [1.165, 1.54) is 4.70 Å². The molecule has 9 nitrogen and oxygen atoms in total. The maximum Gasteiger partial charge on any atom is 0.224 e. The summed E-state index contributed by atoms with van der Waals surface area (Å²) in [6, 6.07) is 30.9. The lowest BCUT2D eigenvalue weighted by Gasteiger charge is -2.36. The Kier molecular flexibility index (Phi) is 12.5. The van der Waals surface area contributed by atoms with Gasteiger partial charge in [-0.15, -0.1) is 11.3 Å². The van der Waals surface area contributed by atoms with Gasteiger partial charge in [0.05, 0.1) is 40.4 Å². The molecule has 5 aromatic rings. The molecular formula is C39H42N4O5S2. The minimum absolute atomic E-state index is 0.00589. The molecule has 1 saturated heterocycles. The summed E-state index contributed by atoms with van der Waals surface area (Å²) in [5.74, 6) is 0.632. The van der Waals surface area contributed by atoms with Gasteiger partial charge in [0.15, 0.2) is 10.6 Å². The number of nitrogens with two attached hydrogens (primary N) is 1. The molecule has 1 aromatic heterocycles. The number of benzene rings is 4. The van der Waals surface area contributed by atoms with Crippen molar-refractivity contribution in [3.05, 3.63) is 114 Å². The van der Waals surface area contributed by atoms with E-state index >= 15 is 0 Å². The van der Waals surface area contributed by atoms with Crippen molar-refractivity contribution in [2.45, 2.75) is 74.4 Å². The summed E-state index contributed by atoms with van der Waals surface area (Å²) in [5, 5.41) is 15.4. The molecule has 0 bridgehead atoms. The Bertz CT molecular complexity index is 1830. The largest absolute Gasteiger partial charge is 0.397 e. The zero-order valence-electron chi connectivity index (χ0n) is 27.8. The molecule has 0 saturated carbocycles. The number of hydrogen-bond donors (Lipinski definition) is 4. The number of anilines is 3. The van der Waals surface area contributed by atoms with Crippen LogP contribution in [0.15, 0.2) is 101 Å². The molecule has 1 aliphatic heterocycles. The van der Waals surface area contributed by atoms with E-state index in [9.17, 15) is 14.7 Å². The summed E-state index contributed by atoms with van der Waals surface area (Å²) in [6.45, 7) is -0.00589. The molecule has 2 heterocycles. The first kappa shape index (κ1) is 35.6. The molecule has 3 atom stereocenters. The number of aromatic nitrogens is 1. The number of thioether (sulfide) groups is 1. The van der Waals surface area contributed by atoms with Crippen LogP contribution in [0.25, 0.3) is 10.2 Å². The van der Waals surface area contributed by atoms with Crippen LogP contribution in [0.3, 0.4) is 0 Å². The van der Waals surface area contributed by atoms with Gasteiger partial charge < -0.3 is 30.9 Å². The average molecular weight is 711 g/mol. The Labute approximate surface area is 300 Å². The Morgan fingerprint density at radius 2 is 1.50 bits per heavy atom. The average Bonchev–Trinajstić information content (AvgIpc) is 3.57. The summed E-state index contributed by atoms with van der Waals surface area (Å²) < 4.78 is 15.2. The number of ether oxygens (including phenoxy) is 2. The SMILES string of the molecule is Nc1ccccc1NC(=O)CCCCCCC(=O)Nc1ccc([C@H]2O[C@@H](CSc3nc4ccccc4s3)C[C@@H](c3ccc(CO)cc3)O2)cc1. The number of thiazole rings is 1. The van der Waals surface area contributed by atoms with Crippen LogP contribution >= 0.6 is 23.1 Å². The molecule has 1 fully saturated rings. The topological polar surface area (TPSA) is 136 Å². The third-order valence-electron chi connectivity index (χ3n) is 8.54. The summed E-state index contributed by atoms with van der Waals surface area (Å²) >= 11 is 3.39. The Balaban J connectivity index is 0.982. The van der Waals surface area contributed by atoms with E-state index in [2.05, 4.69) is 16.7 Å². The van der Waals surface area contributed by atoms with E-state index in [1.54, 1.807) is 35.2 Å². The lowest BCUT2D eigenvalue weighted by atomic mass is 10.0. The van der Waals surface area contributed by atoms with Crippen molar-refractivity contribution in [2.75, 3.05) is 22.1 Å². The number of hydrogen-bond acceptors (Lipinski definition) is 9. The molecule has 1 aliphatic rings. The number of unbranched alkanes of at least 4 members (excludes halogenated alkanes) is 3. The smallest absolute Gasteiger partial charge is 0.224 e. The first-order chi connectivity index (χ1) is 24.4. The van der Waals surface area contributed by atoms with E-state index in [4.69, 9.17) is 20.2 Å². The number of carbonyl (C=O) groups is 2. The van der Waals surface area contributed by atoms with Crippen molar-refractivity contribution in [3.63, 3.8) is 0 Å². The second-order valence-corrected chi connectivity index (χ2v) is 14.6. The van der Waals surface area contributed by atoms with Crippen LogP contribution in [0.1, 0.15) is 74.0 Å². The third-order valence-corrected chi connectivity index (χ3v) is 10.9. The van der Waals surface area contributed by atoms with Crippen molar-refractivity contribution in [3.8, 4) is 0 Å². The molecule has 4 aromatic carbocycles. The van der Waals surface area contributed by atoms with E-state index < -0.39 is 6.29 Å². The molecule has 5 N–H and O–H groups in total. The van der Waals surface area contributed by atoms with E-state index in [1.807, 2.05) is 78.9 Å². The van der Waals surface area contributed by atoms with Crippen LogP contribution in [0, 0.1) is 0 Å². The first-order valence-corrected chi connectivity index (χ1v) is 18.8. The molecule has 260 valence electrons. The van der Waals surface area contributed by atoms with Crippen molar-refractivity contribution in [2.24, 2.45) is 0 Å². The van der Waals surface area contributed by atoms with Gasteiger partial charge in [0, 0.05) is 36.3 Å². The molecule has 0 unspecified atom stereocenters. The van der Waals surface area contributed by atoms with Crippen molar-refractivity contribution >= 4 is 62.2 Å². The monoisotopic (exact) mass is 710 g/mol. The van der Waals surface area contributed by atoms with Gasteiger partial charge in [-0.2, -0.15) is 0 Å². The highest BCUT2D eigenvalue weighted by Gasteiger charge is 2.32. The Hall–Kier alpha value is -4.26. The number of aliphatic hydroxyl groups is 1. The van der Waals surface area contributed by atoms with Gasteiger partial charge in [0.1, 0.15) is 0 Å². The van der Waals surface area contributed by atoms with Gasteiger partial charge in [-0.1, -0.05) is 85.3 Å². The van der Waals surface area contributed by atoms with Crippen LogP contribution in [-0.4, -0.2) is 33.8 Å². The zero-order valence-corrected chi connectivity index (χ0v) is 29.4. The molecule has 0 radical (unpaired) electrons. The number of nitrogens with zero attached hydrogens (tertiary/aromatic N) is 1. The lowest BCUT2D eigenvalue weighted by molar-refractivity contribution is -0.245. The minimum Gasteiger partial charge on any atom is -0.397 e.